The van der Waals surface area contributed by atoms with E-state index in [0.717, 1.165) is 24.6 Å². The van der Waals surface area contributed by atoms with Crippen LogP contribution in [0.25, 0.3) is 0 Å². The van der Waals surface area contributed by atoms with Crippen molar-refractivity contribution in [2.75, 3.05) is 26.7 Å². The first kappa shape index (κ1) is 18.2. The van der Waals surface area contributed by atoms with Crippen LogP contribution >= 0.6 is 0 Å². The zero-order valence-electron chi connectivity index (χ0n) is 15.3. The third-order valence-corrected chi connectivity index (χ3v) is 5.45. The molecule has 7 heteroatoms. The van der Waals surface area contributed by atoms with Gasteiger partial charge in [-0.3, -0.25) is 14.6 Å². The summed E-state index contributed by atoms with van der Waals surface area (Å²) in [4.78, 5) is 29.4. The summed E-state index contributed by atoms with van der Waals surface area (Å²) in [6.07, 6.45) is 5.32. The van der Waals surface area contributed by atoms with Crippen molar-refractivity contribution in [2.24, 2.45) is 16.1 Å². The molecule has 0 bridgehead atoms. The molecule has 2 amide bonds. The Hall–Kier alpha value is -2.57. The van der Waals surface area contributed by atoms with Gasteiger partial charge in [0.15, 0.2) is 5.96 Å². The normalized spacial score (nSPS) is 18.5. The van der Waals surface area contributed by atoms with Crippen LogP contribution in [0.15, 0.2) is 29.3 Å². The lowest BCUT2D eigenvalue weighted by atomic mass is 9.68. The molecule has 1 aliphatic heterocycles. The molecule has 1 aromatic carbocycles. The molecular weight excluding hydrogens is 330 g/mol. The predicted octanol–water partition coefficient (Wildman–Crippen LogP) is 0.853. The van der Waals surface area contributed by atoms with Crippen LogP contribution in [-0.2, 0) is 11.3 Å². The number of nitrogens with one attached hydrogen (secondary N) is 2. The van der Waals surface area contributed by atoms with Gasteiger partial charge in [0.2, 0.25) is 5.91 Å². The number of carbonyl (C=O) groups is 2. The molecule has 1 heterocycles. The summed E-state index contributed by atoms with van der Waals surface area (Å²) in [6, 6.07) is 7.29. The molecule has 3 rings (SSSR count). The average Bonchev–Trinajstić information content (AvgIpc) is 3.07. The number of primary amides is 1. The Kier molecular flexibility index (Phi) is 5.44. The fourth-order valence-corrected chi connectivity index (χ4v) is 3.76. The minimum Gasteiger partial charge on any atom is -0.368 e. The van der Waals surface area contributed by atoms with E-state index >= 15 is 0 Å². The van der Waals surface area contributed by atoms with Gasteiger partial charge in [-0.2, -0.15) is 0 Å². The van der Waals surface area contributed by atoms with Gasteiger partial charge in [0.05, 0.1) is 6.54 Å². The minimum atomic E-state index is -0.559. The molecule has 7 nitrogen and oxygen atoms in total. The maximum Gasteiger partial charge on any atom is 0.251 e. The second kappa shape index (κ2) is 7.76. The van der Waals surface area contributed by atoms with E-state index in [1.165, 1.54) is 25.7 Å². The molecule has 1 saturated heterocycles. The first-order valence-corrected chi connectivity index (χ1v) is 9.12. The Bertz CT molecular complexity index is 694. The van der Waals surface area contributed by atoms with E-state index in [2.05, 4.69) is 20.5 Å². The molecule has 1 spiro atoms. The van der Waals surface area contributed by atoms with Gasteiger partial charge in [0.1, 0.15) is 0 Å². The predicted molar refractivity (Wildman–Crippen MR) is 101 cm³/mol. The van der Waals surface area contributed by atoms with Gasteiger partial charge in [-0.1, -0.05) is 18.6 Å². The van der Waals surface area contributed by atoms with Gasteiger partial charge < -0.3 is 21.3 Å². The standard InChI is InChI=1S/C19H27N5O2/c1-21-18(24-10-9-19(13-24)7-2-8-19)23-11-14-3-5-15(6-4-14)17(26)22-12-16(20)25/h3-6H,2,7-13H2,1H3,(H2,20,25)(H,21,23)(H,22,26). The number of benzene rings is 1. The van der Waals surface area contributed by atoms with Crippen molar-refractivity contribution >= 4 is 17.8 Å². The number of aliphatic imine (C=N–C) groups is 1. The van der Waals surface area contributed by atoms with Crippen LogP contribution in [0.4, 0.5) is 0 Å². The molecular formula is C19H27N5O2. The molecule has 0 unspecified atom stereocenters. The Labute approximate surface area is 154 Å². The summed E-state index contributed by atoms with van der Waals surface area (Å²) in [5.74, 6) is 0.0789. The van der Waals surface area contributed by atoms with Gasteiger partial charge in [0, 0.05) is 32.2 Å². The first-order chi connectivity index (χ1) is 12.5. The topological polar surface area (TPSA) is 99.8 Å². The summed E-state index contributed by atoms with van der Waals surface area (Å²) in [5, 5.41) is 5.89. The van der Waals surface area contributed by atoms with Gasteiger partial charge in [-0.15, -0.1) is 0 Å². The van der Waals surface area contributed by atoms with Crippen LogP contribution in [-0.4, -0.2) is 49.4 Å². The molecule has 26 heavy (non-hydrogen) atoms. The molecule has 140 valence electrons. The molecule has 2 aliphatic rings. The van der Waals surface area contributed by atoms with Gasteiger partial charge >= 0.3 is 0 Å². The molecule has 1 aliphatic carbocycles. The molecule has 1 aromatic rings. The smallest absolute Gasteiger partial charge is 0.251 e. The van der Waals surface area contributed by atoms with Gasteiger partial charge in [-0.05, 0) is 42.4 Å². The largest absolute Gasteiger partial charge is 0.368 e. The quantitative estimate of drug-likeness (QED) is 0.537. The second-order valence-corrected chi connectivity index (χ2v) is 7.27. The fourth-order valence-electron chi connectivity index (χ4n) is 3.76. The number of guanidine groups is 1. The first-order valence-electron chi connectivity index (χ1n) is 9.12. The zero-order chi connectivity index (χ0) is 18.6. The lowest BCUT2D eigenvalue weighted by Crippen LogP contribution is -2.42. The number of likely N-dealkylation sites (tertiary alicyclic amines) is 1. The van der Waals surface area contributed by atoms with Gasteiger partial charge in [0.25, 0.3) is 5.91 Å². The molecule has 0 atom stereocenters. The van der Waals surface area contributed by atoms with E-state index in [0.29, 0.717) is 17.5 Å². The maximum atomic E-state index is 11.9. The van der Waals surface area contributed by atoms with Crippen molar-refractivity contribution in [3.63, 3.8) is 0 Å². The number of nitrogens with zero attached hydrogens (tertiary/aromatic N) is 2. The third kappa shape index (κ3) is 4.15. The van der Waals surface area contributed by atoms with E-state index < -0.39 is 5.91 Å². The molecule has 1 saturated carbocycles. The summed E-state index contributed by atoms with van der Waals surface area (Å²) >= 11 is 0. The molecule has 4 N–H and O–H groups in total. The van der Waals surface area contributed by atoms with Crippen molar-refractivity contribution < 1.29 is 9.59 Å². The number of rotatable bonds is 5. The monoisotopic (exact) mass is 357 g/mol. The number of carbonyl (C=O) groups excluding carboxylic acids is 2. The number of nitrogens with two attached hydrogens (primary N) is 1. The van der Waals surface area contributed by atoms with Crippen molar-refractivity contribution in [2.45, 2.75) is 32.2 Å². The van der Waals surface area contributed by atoms with Crippen molar-refractivity contribution in [1.82, 2.24) is 15.5 Å². The van der Waals surface area contributed by atoms with Crippen LogP contribution in [0, 0.1) is 5.41 Å². The van der Waals surface area contributed by atoms with Crippen LogP contribution in [0.1, 0.15) is 41.6 Å². The van der Waals surface area contributed by atoms with E-state index in [1.807, 2.05) is 19.2 Å². The highest BCUT2D eigenvalue weighted by Gasteiger charge is 2.43. The Morgan fingerprint density at radius 1 is 1.19 bits per heavy atom. The van der Waals surface area contributed by atoms with E-state index in [1.54, 1.807) is 12.1 Å². The van der Waals surface area contributed by atoms with Crippen LogP contribution in [0.5, 0.6) is 0 Å². The Balaban J connectivity index is 1.51. The zero-order valence-corrected chi connectivity index (χ0v) is 15.3. The maximum absolute atomic E-state index is 11.9. The van der Waals surface area contributed by atoms with Crippen molar-refractivity contribution in [3.05, 3.63) is 35.4 Å². The molecule has 0 radical (unpaired) electrons. The van der Waals surface area contributed by atoms with E-state index in [-0.39, 0.29) is 12.5 Å². The average molecular weight is 357 g/mol. The molecule has 0 aromatic heterocycles. The molecule has 2 fully saturated rings. The van der Waals surface area contributed by atoms with Gasteiger partial charge in [-0.25, -0.2) is 0 Å². The number of hydrogen-bond donors (Lipinski definition) is 3. The van der Waals surface area contributed by atoms with E-state index in [4.69, 9.17) is 5.73 Å². The summed E-state index contributed by atoms with van der Waals surface area (Å²) in [5.41, 5.74) is 7.14. The van der Waals surface area contributed by atoms with Crippen LogP contribution < -0.4 is 16.4 Å². The summed E-state index contributed by atoms with van der Waals surface area (Å²) < 4.78 is 0. The highest BCUT2D eigenvalue weighted by atomic mass is 16.2. The number of hydrogen-bond acceptors (Lipinski definition) is 3. The van der Waals surface area contributed by atoms with Crippen LogP contribution in [0.3, 0.4) is 0 Å². The Morgan fingerprint density at radius 3 is 2.46 bits per heavy atom. The highest BCUT2D eigenvalue weighted by molar-refractivity contribution is 5.96. The Morgan fingerprint density at radius 2 is 1.92 bits per heavy atom. The summed E-state index contributed by atoms with van der Waals surface area (Å²) in [7, 11) is 1.82. The van der Waals surface area contributed by atoms with Crippen LogP contribution in [0.2, 0.25) is 0 Å². The second-order valence-electron chi connectivity index (χ2n) is 7.27. The van der Waals surface area contributed by atoms with Crippen molar-refractivity contribution in [3.8, 4) is 0 Å². The minimum absolute atomic E-state index is 0.157. The lowest BCUT2D eigenvalue weighted by Gasteiger charge is -2.38. The number of amides is 2. The van der Waals surface area contributed by atoms with E-state index in [9.17, 15) is 9.59 Å². The fraction of sp³-hybridized carbons (Fsp3) is 0.526. The lowest BCUT2D eigenvalue weighted by molar-refractivity contribution is -0.117. The third-order valence-electron chi connectivity index (χ3n) is 5.45. The van der Waals surface area contributed by atoms with Crippen molar-refractivity contribution in [1.29, 1.82) is 0 Å². The SMILES string of the molecule is CN=C(NCc1ccc(C(=O)NCC(N)=O)cc1)N1CCC2(CCC2)C1. The highest BCUT2D eigenvalue weighted by Crippen LogP contribution is 2.47. The summed E-state index contributed by atoms with van der Waals surface area (Å²) in [6.45, 7) is 2.67.